The van der Waals surface area contributed by atoms with E-state index in [0.717, 1.165) is 6.42 Å². The Morgan fingerprint density at radius 2 is 1.52 bits per heavy atom. The Morgan fingerprint density at radius 3 is 2.22 bits per heavy atom. The van der Waals surface area contributed by atoms with Crippen molar-refractivity contribution >= 4 is 27.1 Å². The van der Waals surface area contributed by atoms with E-state index in [9.17, 15) is 0 Å². The first-order valence-electron chi connectivity index (χ1n) is 8.76. The highest BCUT2D eigenvalue weighted by molar-refractivity contribution is 6.09. The maximum Gasteiger partial charge on any atom is 0.0258 e. The third-order valence-corrected chi connectivity index (χ3v) is 5.48. The lowest BCUT2D eigenvalue weighted by Gasteiger charge is -2.35. The molecule has 3 aromatic carbocycles. The van der Waals surface area contributed by atoms with Gasteiger partial charge in [0, 0.05) is 12.1 Å². The van der Waals surface area contributed by atoms with Crippen molar-refractivity contribution in [3.8, 4) is 0 Å². The summed E-state index contributed by atoms with van der Waals surface area (Å²) in [4.78, 5) is 0. The van der Waals surface area contributed by atoms with Gasteiger partial charge >= 0.3 is 0 Å². The van der Waals surface area contributed by atoms with Crippen LogP contribution in [0, 0.1) is 0 Å². The Morgan fingerprint density at radius 1 is 0.826 bits per heavy atom. The highest BCUT2D eigenvalue weighted by atomic mass is 15.0. The topological polar surface area (TPSA) is 12.0 Å². The maximum absolute atomic E-state index is 3.77. The zero-order chi connectivity index (χ0) is 15.2. The van der Waals surface area contributed by atoms with Crippen LogP contribution in [0.1, 0.15) is 31.2 Å². The molecule has 2 atom stereocenters. The monoisotopic (exact) mass is 299 g/mol. The van der Waals surface area contributed by atoms with Crippen LogP contribution in [0.3, 0.4) is 0 Å². The third-order valence-electron chi connectivity index (χ3n) is 5.48. The van der Waals surface area contributed by atoms with Crippen LogP contribution in [-0.2, 0) is 0 Å². The number of hydrogen-bond acceptors (Lipinski definition) is 1. The average Bonchev–Trinajstić information content (AvgIpc) is 2.59. The molecule has 2 heterocycles. The average molecular weight is 299 g/mol. The third kappa shape index (κ3) is 2.19. The molecule has 2 aliphatic rings. The second kappa shape index (κ2) is 5.21. The van der Waals surface area contributed by atoms with Crippen molar-refractivity contribution < 1.29 is 0 Å². The van der Waals surface area contributed by atoms with Crippen LogP contribution < -0.4 is 5.32 Å². The zero-order valence-electron chi connectivity index (χ0n) is 13.3. The molecule has 23 heavy (non-hydrogen) atoms. The van der Waals surface area contributed by atoms with Gasteiger partial charge in [-0.2, -0.15) is 0 Å². The molecular weight excluding hydrogens is 278 g/mol. The molecule has 0 radical (unpaired) electrons. The van der Waals surface area contributed by atoms with Crippen molar-refractivity contribution in [2.45, 2.75) is 37.8 Å². The van der Waals surface area contributed by atoms with E-state index in [0.29, 0.717) is 12.1 Å². The van der Waals surface area contributed by atoms with Crippen molar-refractivity contribution in [3.63, 3.8) is 0 Å². The molecule has 1 fully saturated rings. The number of hydrogen-bond donors (Lipinski definition) is 1. The van der Waals surface area contributed by atoms with E-state index in [1.807, 2.05) is 0 Å². The number of piperidine rings is 1. The van der Waals surface area contributed by atoms with E-state index < -0.39 is 0 Å². The van der Waals surface area contributed by atoms with Gasteiger partial charge in [-0.3, -0.25) is 0 Å². The largest absolute Gasteiger partial charge is 0.307 e. The Balaban J connectivity index is 1.83. The van der Waals surface area contributed by atoms with Crippen LogP contribution in [0.15, 0.2) is 60.7 Å². The highest BCUT2D eigenvalue weighted by Crippen LogP contribution is 2.38. The molecule has 2 bridgehead atoms. The van der Waals surface area contributed by atoms with Crippen LogP contribution in [-0.4, -0.2) is 12.1 Å². The van der Waals surface area contributed by atoms with Crippen LogP contribution in [0.2, 0.25) is 0 Å². The quantitative estimate of drug-likeness (QED) is 0.602. The van der Waals surface area contributed by atoms with Gasteiger partial charge in [0.1, 0.15) is 0 Å². The van der Waals surface area contributed by atoms with E-state index in [1.165, 1.54) is 46.4 Å². The molecule has 3 aromatic rings. The van der Waals surface area contributed by atoms with Gasteiger partial charge in [-0.25, -0.2) is 0 Å². The molecule has 0 aromatic heterocycles. The van der Waals surface area contributed by atoms with Crippen LogP contribution in [0.4, 0.5) is 0 Å². The first-order valence-corrected chi connectivity index (χ1v) is 8.76. The summed E-state index contributed by atoms with van der Waals surface area (Å²) in [6, 6.07) is 21.2. The standard InChI is InChI=1S/C22H21N/c1-3-10-20-15(6-1)12-16-7-2-4-11-21(16)22(20)17-13-18-8-5-9-19(14-17)23-18/h1-4,6-7,10-13,18-19,23H,5,8-9,14H2. The molecule has 1 heteroatoms. The molecule has 2 aliphatic heterocycles. The van der Waals surface area contributed by atoms with E-state index in [4.69, 9.17) is 0 Å². The van der Waals surface area contributed by atoms with Gasteiger partial charge in [0.2, 0.25) is 0 Å². The van der Waals surface area contributed by atoms with Crippen LogP contribution in [0.5, 0.6) is 0 Å². The fourth-order valence-corrected chi connectivity index (χ4v) is 4.47. The molecule has 114 valence electrons. The molecular formula is C22H21N. The van der Waals surface area contributed by atoms with Gasteiger partial charge in [0.15, 0.2) is 0 Å². The van der Waals surface area contributed by atoms with Crippen LogP contribution >= 0.6 is 0 Å². The van der Waals surface area contributed by atoms with Gasteiger partial charge in [-0.15, -0.1) is 0 Å². The number of rotatable bonds is 1. The van der Waals surface area contributed by atoms with Gasteiger partial charge in [0.05, 0.1) is 0 Å². The summed E-state index contributed by atoms with van der Waals surface area (Å²) in [5.41, 5.74) is 3.02. The smallest absolute Gasteiger partial charge is 0.0258 e. The van der Waals surface area contributed by atoms with Crippen molar-refractivity contribution in [3.05, 3.63) is 66.2 Å². The molecule has 5 rings (SSSR count). The maximum atomic E-state index is 3.77. The lowest BCUT2D eigenvalue weighted by Crippen LogP contribution is -2.44. The number of fused-ring (bicyclic) bond motifs is 4. The van der Waals surface area contributed by atoms with E-state index in [2.05, 4.69) is 66.0 Å². The minimum absolute atomic E-state index is 0.565. The Bertz CT molecular complexity index is 868. The Labute approximate surface area is 137 Å². The minimum atomic E-state index is 0.565. The summed E-state index contributed by atoms with van der Waals surface area (Å²) in [5, 5.41) is 9.28. The summed E-state index contributed by atoms with van der Waals surface area (Å²) in [6.07, 6.45) is 7.63. The Kier molecular flexibility index (Phi) is 3.02. The van der Waals surface area contributed by atoms with Crippen molar-refractivity contribution in [2.75, 3.05) is 0 Å². The summed E-state index contributed by atoms with van der Waals surface area (Å²) in [6.45, 7) is 0. The summed E-state index contributed by atoms with van der Waals surface area (Å²) in [5.74, 6) is 0. The van der Waals surface area contributed by atoms with Gasteiger partial charge in [0.25, 0.3) is 0 Å². The predicted octanol–water partition coefficient (Wildman–Crippen LogP) is 5.29. The molecule has 0 aliphatic carbocycles. The molecule has 0 amide bonds. The summed E-state index contributed by atoms with van der Waals surface area (Å²) in [7, 11) is 0. The molecule has 1 saturated heterocycles. The first-order chi connectivity index (χ1) is 11.4. The summed E-state index contributed by atoms with van der Waals surface area (Å²) >= 11 is 0. The molecule has 0 spiro atoms. The molecule has 1 N–H and O–H groups in total. The van der Waals surface area contributed by atoms with Crippen LogP contribution in [0.25, 0.3) is 27.1 Å². The molecule has 1 nitrogen and oxygen atoms in total. The van der Waals surface area contributed by atoms with E-state index >= 15 is 0 Å². The number of nitrogens with one attached hydrogen (secondary N) is 1. The van der Waals surface area contributed by atoms with Gasteiger partial charge in [-0.05, 0) is 58.0 Å². The van der Waals surface area contributed by atoms with Gasteiger partial charge in [-0.1, -0.05) is 61.0 Å². The molecule has 0 saturated carbocycles. The minimum Gasteiger partial charge on any atom is -0.307 e. The lowest BCUT2D eigenvalue weighted by atomic mass is 9.82. The lowest BCUT2D eigenvalue weighted by molar-refractivity contribution is 0.348. The SMILES string of the molecule is C1=C(c2c3ccccc3cc3ccccc23)CC2CCCC1N2. The van der Waals surface area contributed by atoms with Gasteiger partial charge < -0.3 is 5.32 Å². The zero-order valence-corrected chi connectivity index (χ0v) is 13.3. The fourth-order valence-electron chi connectivity index (χ4n) is 4.47. The van der Waals surface area contributed by atoms with E-state index in [-0.39, 0.29) is 0 Å². The van der Waals surface area contributed by atoms with Crippen molar-refractivity contribution in [1.82, 2.24) is 5.32 Å². The Hall–Kier alpha value is -2.12. The predicted molar refractivity (Wildman–Crippen MR) is 98.6 cm³/mol. The number of benzene rings is 3. The van der Waals surface area contributed by atoms with Crippen molar-refractivity contribution in [1.29, 1.82) is 0 Å². The normalized spacial score (nSPS) is 23.9. The first kappa shape index (κ1) is 13.3. The highest BCUT2D eigenvalue weighted by Gasteiger charge is 2.27. The fraction of sp³-hybridized carbons (Fsp3) is 0.273. The summed E-state index contributed by atoms with van der Waals surface area (Å²) < 4.78 is 0. The van der Waals surface area contributed by atoms with E-state index in [1.54, 1.807) is 5.57 Å². The second-order valence-electron chi connectivity index (χ2n) is 6.99. The second-order valence-corrected chi connectivity index (χ2v) is 6.99. The van der Waals surface area contributed by atoms with Crippen molar-refractivity contribution in [2.24, 2.45) is 0 Å². The molecule has 2 unspecified atom stereocenters.